The van der Waals surface area contributed by atoms with Gasteiger partial charge in [-0.2, -0.15) is 0 Å². The number of aryl methyl sites for hydroxylation is 2. The van der Waals surface area contributed by atoms with Crippen molar-refractivity contribution in [3.63, 3.8) is 0 Å². The molecule has 2 aromatic rings. The lowest BCUT2D eigenvalue weighted by Gasteiger charge is -2.10. The monoisotopic (exact) mass is 309 g/mol. The number of aromatic nitrogens is 3. The first-order chi connectivity index (χ1) is 11.2. The van der Waals surface area contributed by atoms with Crippen molar-refractivity contribution in [3.05, 3.63) is 41.2 Å². The SMILES string of the molecule is CCc1nnn2c1-c1ccc(C(C=NC)=CN)cc1C(=O)CC2. The summed E-state index contributed by atoms with van der Waals surface area (Å²) in [5, 5.41) is 8.42. The first-order valence-corrected chi connectivity index (χ1v) is 7.64. The van der Waals surface area contributed by atoms with Gasteiger partial charge in [0.15, 0.2) is 5.78 Å². The number of aliphatic imine (C=N–C) groups is 1. The van der Waals surface area contributed by atoms with Crippen molar-refractivity contribution in [2.45, 2.75) is 26.3 Å². The van der Waals surface area contributed by atoms with Gasteiger partial charge in [0.1, 0.15) is 0 Å². The maximum Gasteiger partial charge on any atom is 0.165 e. The van der Waals surface area contributed by atoms with E-state index in [0.717, 1.165) is 34.5 Å². The summed E-state index contributed by atoms with van der Waals surface area (Å²) in [6, 6.07) is 5.80. The Morgan fingerprint density at radius 2 is 2.26 bits per heavy atom. The molecular formula is C17H19N5O. The molecule has 118 valence electrons. The molecule has 2 N–H and O–H groups in total. The van der Waals surface area contributed by atoms with E-state index in [0.29, 0.717) is 18.5 Å². The van der Waals surface area contributed by atoms with Crippen LogP contribution in [-0.2, 0) is 13.0 Å². The van der Waals surface area contributed by atoms with Gasteiger partial charge in [0.25, 0.3) is 0 Å². The van der Waals surface area contributed by atoms with Crippen molar-refractivity contribution in [1.82, 2.24) is 15.0 Å². The van der Waals surface area contributed by atoms with Crippen LogP contribution >= 0.6 is 0 Å². The Bertz CT molecular complexity index is 816. The minimum Gasteiger partial charge on any atom is -0.404 e. The fourth-order valence-electron chi connectivity index (χ4n) is 2.89. The molecular weight excluding hydrogens is 290 g/mol. The van der Waals surface area contributed by atoms with E-state index in [4.69, 9.17) is 5.73 Å². The standard InChI is InChI=1S/C17H19N5O/c1-3-15-17-13-5-4-11(12(9-18)10-19-2)8-14(13)16(23)6-7-22(17)21-20-15/h4-5,8-10H,3,6-7,18H2,1-2H3. The van der Waals surface area contributed by atoms with Crippen LogP contribution in [0.5, 0.6) is 0 Å². The summed E-state index contributed by atoms with van der Waals surface area (Å²) in [5.74, 6) is 0.110. The molecule has 0 unspecified atom stereocenters. The zero-order valence-corrected chi connectivity index (χ0v) is 13.3. The van der Waals surface area contributed by atoms with E-state index in [2.05, 4.69) is 15.3 Å². The van der Waals surface area contributed by atoms with E-state index >= 15 is 0 Å². The van der Waals surface area contributed by atoms with Gasteiger partial charge < -0.3 is 5.73 Å². The molecule has 6 nitrogen and oxygen atoms in total. The zero-order chi connectivity index (χ0) is 16.4. The molecule has 0 bridgehead atoms. The highest BCUT2D eigenvalue weighted by atomic mass is 16.1. The Hall–Kier alpha value is -2.76. The molecule has 0 atom stereocenters. The molecule has 1 aliphatic rings. The van der Waals surface area contributed by atoms with Gasteiger partial charge in [0.2, 0.25) is 0 Å². The van der Waals surface area contributed by atoms with Crippen LogP contribution in [0.4, 0.5) is 0 Å². The van der Waals surface area contributed by atoms with Crippen LogP contribution in [0.2, 0.25) is 0 Å². The number of nitrogens with two attached hydrogens (primary N) is 1. The largest absolute Gasteiger partial charge is 0.404 e. The molecule has 0 aliphatic carbocycles. The third kappa shape index (κ3) is 2.56. The smallest absolute Gasteiger partial charge is 0.165 e. The number of ketones is 1. The van der Waals surface area contributed by atoms with E-state index < -0.39 is 0 Å². The number of nitrogens with zero attached hydrogens (tertiary/aromatic N) is 4. The summed E-state index contributed by atoms with van der Waals surface area (Å²) in [6.07, 6.45) is 4.38. The molecule has 3 rings (SSSR count). The number of benzene rings is 1. The first-order valence-electron chi connectivity index (χ1n) is 7.64. The highest BCUT2D eigenvalue weighted by molar-refractivity contribution is 6.11. The summed E-state index contributed by atoms with van der Waals surface area (Å²) in [6.45, 7) is 2.60. The van der Waals surface area contributed by atoms with Crippen LogP contribution in [0.15, 0.2) is 29.4 Å². The molecule has 0 saturated heterocycles. The molecule has 0 radical (unpaired) electrons. The molecule has 0 amide bonds. The maximum atomic E-state index is 12.5. The summed E-state index contributed by atoms with van der Waals surface area (Å²) < 4.78 is 1.83. The number of carbonyl (C=O) groups excluding carboxylic acids is 1. The summed E-state index contributed by atoms with van der Waals surface area (Å²) in [4.78, 5) is 16.6. The first kappa shape index (κ1) is 15.1. The fraction of sp³-hybridized carbons (Fsp3) is 0.294. The van der Waals surface area contributed by atoms with Crippen LogP contribution in [0, 0.1) is 0 Å². The lowest BCUT2D eigenvalue weighted by atomic mass is 9.94. The zero-order valence-electron chi connectivity index (χ0n) is 13.3. The number of carbonyl (C=O) groups is 1. The second kappa shape index (κ2) is 6.16. The van der Waals surface area contributed by atoms with Crippen molar-refractivity contribution in [1.29, 1.82) is 0 Å². The van der Waals surface area contributed by atoms with Crippen LogP contribution in [-0.4, -0.2) is 34.0 Å². The van der Waals surface area contributed by atoms with E-state index in [1.165, 1.54) is 6.20 Å². The maximum absolute atomic E-state index is 12.5. The van der Waals surface area contributed by atoms with Gasteiger partial charge in [-0.15, -0.1) is 5.10 Å². The van der Waals surface area contributed by atoms with Crippen molar-refractivity contribution < 1.29 is 4.79 Å². The number of hydrogen-bond donors (Lipinski definition) is 1. The molecule has 0 saturated carbocycles. The van der Waals surface area contributed by atoms with Gasteiger partial charge in [-0.05, 0) is 18.1 Å². The lowest BCUT2D eigenvalue weighted by Crippen LogP contribution is -2.04. The molecule has 0 fully saturated rings. The van der Waals surface area contributed by atoms with Crippen molar-refractivity contribution >= 4 is 17.6 Å². The fourth-order valence-corrected chi connectivity index (χ4v) is 2.89. The average molecular weight is 309 g/mol. The Morgan fingerprint density at radius 1 is 1.43 bits per heavy atom. The van der Waals surface area contributed by atoms with Crippen LogP contribution in [0.3, 0.4) is 0 Å². The van der Waals surface area contributed by atoms with Gasteiger partial charge in [0.05, 0.1) is 17.9 Å². The number of hydrogen-bond acceptors (Lipinski definition) is 5. The van der Waals surface area contributed by atoms with Crippen LogP contribution < -0.4 is 5.73 Å². The number of Topliss-reactive ketones (excluding diaryl/α,β-unsaturated/α-hetero) is 1. The van der Waals surface area contributed by atoms with E-state index in [9.17, 15) is 4.79 Å². The van der Waals surface area contributed by atoms with Crippen LogP contribution in [0.25, 0.3) is 16.8 Å². The Kier molecular flexibility index (Phi) is 4.06. The Balaban J connectivity index is 2.20. The van der Waals surface area contributed by atoms with Crippen molar-refractivity contribution in [2.75, 3.05) is 7.05 Å². The van der Waals surface area contributed by atoms with E-state index in [1.807, 2.05) is 29.8 Å². The number of allylic oxidation sites excluding steroid dienone is 1. The third-order valence-electron chi connectivity index (χ3n) is 4.05. The quantitative estimate of drug-likeness (QED) is 0.880. The van der Waals surface area contributed by atoms with Crippen LogP contribution in [0.1, 0.15) is 35.0 Å². The summed E-state index contributed by atoms with van der Waals surface area (Å²) >= 11 is 0. The molecule has 1 aromatic carbocycles. The van der Waals surface area contributed by atoms with Gasteiger partial charge in [-0.25, -0.2) is 4.68 Å². The minimum absolute atomic E-state index is 0.110. The van der Waals surface area contributed by atoms with E-state index in [1.54, 1.807) is 13.3 Å². The molecule has 1 aliphatic heterocycles. The second-order valence-corrected chi connectivity index (χ2v) is 5.40. The van der Waals surface area contributed by atoms with Crippen molar-refractivity contribution in [3.8, 4) is 11.3 Å². The summed E-state index contributed by atoms with van der Waals surface area (Å²) in [5.41, 5.74) is 10.8. The molecule has 6 heteroatoms. The van der Waals surface area contributed by atoms with Gasteiger partial charge >= 0.3 is 0 Å². The highest BCUT2D eigenvalue weighted by Gasteiger charge is 2.24. The lowest BCUT2D eigenvalue weighted by molar-refractivity contribution is 0.0978. The van der Waals surface area contributed by atoms with Gasteiger partial charge in [0, 0.05) is 42.6 Å². The Morgan fingerprint density at radius 3 is 2.96 bits per heavy atom. The predicted molar refractivity (Wildman–Crippen MR) is 90.4 cm³/mol. The highest BCUT2D eigenvalue weighted by Crippen LogP contribution is 2.32. The molecule has 1 aromatic heterocycles. The molecule has 2 heterocycles. The Labute approximate surface area is 134 Å². The van der Waals surface area contributed by atoms with E-state index in [-0.39, 0.29) is 5.78 Å². The number of rotatable bonds is 3. The predicted octanol–water partition coefficient (Wildman–Crippen LogP) is 2.09. The minimum atomic E-state index is 0.110. The topological polar surface area (TPSA) is 86.2 Å². The number of fused-ring (bicyclic) bond motifs is 3. The van der Waals surface area contributed by atoms with Gasteiger partial charge in [-0.3, -0.25) is 9.79 Å². The van der Waals surface area contributed by atoms with Crippen molar-refractivity contribution in [2.24, 2.45) is 10.7 Å². The van der Waals surface area contributed by atoms with Gasteiger partial charge in [-0.1, -0.05) is 24.3 Å². The average Bonchev–Trinajstić information content (AvgIpc) is 2.94. The second-order valence-electron chi connectivity index (χ2n) is 5.40. The molecule has 0 spiro atoms. The third-order valence-corrected chi connectivity index (χ3v) is 4.05. The summed E-state index contributed by atoms with van der Waals surface area (Å²) in [7, 11) is 1.69. The normalized spacial score (nSPS) is 14.7. The molecule has 23 heavy (non-hydrogen) atoms.